The second kappa shape index (κ2) is 6.45. The molecule has 0 aromatic carbocycles. The van der Waals surface area contributed by atoms with Crippen molar-refractivity contribution in [1.29, 1.82) is 0 Å². The number of pyridine rings is 1. The fourth-order valence-corrected chi connectivity index (χ4v) is 1.58. The van der Waals surface area contributed by atoms with E-state index in [1.165, 1.54) is 7.05 Å². The molecule has 4 N–H and O–H groups in total. The van der Waals surface area contributed by atoms with Crippen LogP contribution in [0.3, 0.4) is 0 Å². The maximum Gasteiger partial charge on any atom is 0.288 e. The lowest BCUT2D eigenvalue weighted by Crippen LogP contribution is -2.36. The number of amides is 2. The number of primary amides is 1. The Bertz CT molecular complexity index is 546. The molecule has 0 saturated carbocycles. The molecule has 0 saturated heterocycles. The summed E-state index contributed by atoms with van der Waals surface area (Å²) in [5.74, 6) is -0.914. The molecule has 1 rings (SSSR count). The molecule has 0 aliphatic carbocycles. The van der Waals surface area contributed by atoms with Crippen molar-refractivity contribution in [2.24, 2.45) is 5.73 Å². The van der Waals surface area contributed by atoms with Crippen LogP contribution in [0, 0.1) is 10.1 Å². The second-order valence-corrected chi connectivity index (χ2v) is 4.14. The molecule has 1 atom stereocenters. The number of nitrogens with one attached hydrogen (secondary N) is 2. The van der Waals surface area contributed by atoms with E-state index in [1.54, 1.807) is 6.92 Å². The Morgan fingerprint density at radius 2 is 2.20 bits per heavy atom. The fraction of sp³-hybridized carbons (Fsp3) is 0.364. The van der Waals surface area contributed by atoms with Crippen molar-refractivity contribution in [3.05, 3.63) is 27.9 Å². The third-order valence-corrected chi connectivity index (χ3v) is 2.45. The first-order valence-corrected chi connectivity index (χ1v) is 5.76. The van der Waals surface area contributed by atoms with Gasteiger partial charge in [-0.15, -0.1) is 0 Å². The predicted molar refractivity (Wildman–Crippen MR) is 71.2 cm³/mol. The molecule has 0 aliphatic heterocycles. The molecule has 20 heavy (non-hydrogen) atoms. The van der Waals surface area contributed by atoms with Gasteiger partial charge in [-0.05, 0) is 6.92 Å². The van der Waals surface area contributed by atoms with E-state index < -0.39 is 22.8 Å². The number of carbonyl (C=O) groups is 2. The van der Waals surface area contributed by atoms with Crippen LogP contribution in [0.1, 0.15) is 23.7 Å². The van der Waals surface area contributed by atoms with E-state index in [0.29, 0.717) is 0 Å². The molecule has 1 heterocycles. The van der Waals surface area contributed by atoms with Crippen LogP contribution in [-0.2, 0) is 4.79 Å². The van der Waals surface area contributed by atoms with Gasteiger partial charge >= 0.3 is 0 Å². The predicted octanol–water partition coefficient (Wildman–Crippen LogP) is 0.0252. The SMILES string of the molecule is CNc1ncc([N+](=O)[O-])cc1C(=O)NC(C)CC(N)=O. The van der Waals surface area contributed by atoms with E-state index in [2.05, 4.69) is 15.6 Å². The highest BCUT2D eigenvalue weighted by atomic mass is 16.6. The second-order valence-electron chi connectivity index (χ2n) is 4.14. The van der Waals surface area contributed by atoms with Crippen molar-refractivity contribution < 1.29 is 14.5 Å². The molecular formula is C11H15N5O4. The molecular weight excluding hydrogens is 266 g/mol. The molecule has 108 valence electrons. The number of carbonyl (C=O) groups excluding carboxylic acids is 2. The van der Waals surface area contributed by atoms with Crippen LogP contribution in [0.2, 0.25) is 0 Å². The van der Waals surface area contributed by atoms with Crippen LogP contribution < -0.4 is 16.4 Å². The number of aromatic nitrogens is 1. The maximum absolute atomic E-state index is 12.0. The molecule has 1 aromatic heterocycles. The van der Waals surface area contributed by atoms with Crippen molar-refractivity contribution in [3.8, 4) is 0 Å². The summed E-state index contributed by atoms with van der Waals surface area (Å²) in [4.78, 5) is 36.6. The van der Waals surface area contributed by atoms with E-state index in [0.717, 1.165) is 12.3 Å². The van der Waals surface area contributed by atoms with E-state index in [4.69, 9.17) is 5.73 Å². The number of hydrogen-bond donors (Lipinski definition) is 3. The summed E-state index contributed by atoms with van der Waals surface area (Å²) in [7, 11) is 1.54. The zero-order chi connectivity index (χ0) is 15.3. The molecule has 1 aromatic rings. The highest BCUT2D eigenvalue weighted by Crippen LogP contribution is 2.18. The first-order chi connectivity index (χ1) is 9.35. The molecule has 0 aliphatic rings. The number of rotatable bonds is 6. The van der Waals surface area contributed by atoms with Crippen molar-refractivity contribution in [1.82, 2.24) is 10.3 Å². The zero-order valence-electron chi connectivity index (χ0n) is 11.0. The minimum Gasteiger partial charge on any atom is -0.372 e. The number of nitro groups is 1. The van der Waals surface area contributed by atoms with Crippen molar-refractivity contribution in [2.45, 2.75) is 19.4 Å². The monoisotopic (exact) mass is 281 g/mol. The van der Waals surface area contributed by atoms with Gasteiger partial charge in [-0.1, -0.05) is 0 Å². The summed E-state index contributed by atoms with van der Waals surface area (Å²) >= 11 is 0. The summed E-state index contributed by atoms with van der Waals surface area (Å²) in [5, 5.41) is 15.9. The molecule has 2 amide bonds. The average Bonchev–Trinajstić information content (AvgIpc) is 2.36. The normalized spacial score (nSPS) is 11.5. The minimum atomic E-state index is -0.643. The maximum atomic E-state index is 12.0. The van der Waals surface area contributed by atoms with Crippen LogP contribution in [0.25, 0.3) is 0 Å². The third-order valence-electron chi connectivity index (χ3n) is 2.45. The molecule has 0 bridgehead atoms. The Labute approximate surface area is 114 Å². The molecule has 9 heteroatoms. The van der Waals surface area contributed by atoms with Crippen LogP contribution in [-0.4, -0.2) is 34.8 Å². The highest BCUT2D eigenvalue weighted by molar-refractivity contribution is 5.99. The number of anilines is 1. The summed E-state index contributed by atoms with van der Waals surface area (Å²) in [6.07, 6.45) is 1.03. The largest absolute Gasteiger partial charge is 0.372 e. The standard InChI is InChI=1S/C11H15N5O4/c1-6(3-9(12)17)15-11(18)8-4-7(16(19)20)5-14-10(8)13-2/h4-6H,3H2,1-2H3,(H2,12,17)(H,13,14)(H,15,18). The smallest absolute Gasteiger partial charge is 0.288 e. The van der Waals surface area contributed by atoms with Crippen LogP contribution in [0.5, 0.6) is 0 Å². The van der Waals surface area contributed by atoms with Gasteiger partial charge in [0, 0.05) is 25.6 Å². The summed E-state index contributed by atoms with van der Waals surface area (Å²) in [6.45, 7) is 1.60. The molecule has 0 fully saturated rings. The zero-order valence-corrected chi connectivity index (χ0v) is 11.0. The van der Waals surface area contributed by atoms with Gasteiger partial charge in [-0.25, -0.2) is 4.98 Å². The van der Waals surface area contributed by atoms with Crippen molar-refractivity contribution in [2.75, 3.05) is 12.4 Å². The lowest BCUT2D eigenvalue weighted by molar-refractivity contribution is -0.385. The van der Waals surface area contributed by atoms with Gasteiger partial charge in [0.25, 0.3) is 11.6 Å². The van der Waals surface area contributed by atoms with Crippen molar-refractivity contribution >= 4 is 23.3 Å². The van der Waals surface area contributed by atoms with Crippen molar-refractivity contribution in [3.63, 3.8) is 0 Å². The molecule has 0 radical (unpaired) electrons. The Morgan fingerprint density at radius 1 is 1.55 bits per heavy atom. The van der Waals surface area contributed by atoms with Gasteiger partial charge in [0.05, 0.1) is 10.5 Å². The van der Waals surface area contributed by atoms with Gasteiger partial charge in [0.1, 0.15) is 12.0 Å². The van der Waals surface area contributed by atoms with Gasteiger partial charge in [-0.2, -0.15) is 0 Å². The number of nitrogens with zero attached hydrogens (tertiary/aromatic N) is 2. The lowest BCUT2D eigenvalue weighted by Gasteiger charge is -2.13. The van der Waals surface area contributed by atoms with Gasteiger partial charge < -0.3 is 16.4 Å². The highest BCUT2D eigenvalue weighted by Gasteiger charge is 2.19. The fourth-order valence-electron chi connectivity index (χ4n) is 1.58. The number of hydrogen-bond acceptors (Lipinski definition) is 6. The Balaban J connectivity index is 2.98. The van der Waals surface area contributed by atoms with E-state index in [9.17, 15) is 19.7 Å². The Kier molecular flexibility index (Phi) is 4.95. The first-order valence-electron chi connectivity index (χ1n) is 5.76. The first kappa shape index (κ1) is 15.3. The molecule has 9 nitrogen and oxygen atoms in total. The van der Waals surface area contributed by atoms with E-state index >= 15 is 0 Å². The summed E-state index contributed by atoms with van der Waals surface area (Å²) in [5.41, 5.74) is 4.75. The van der Waals surface area contributed by atoms with Crippen LogP contribution >= 0.6 is 0 Å². The van der Waals surface area contributed by atoms with Gasteiger partial charge in [0.15, 0.2) is 0 Å². The molecule has 0 spiro atoms. The van der Waals surface area contributed by atoms with E-state index in [1.807, 2.05) is 0 Å². The Morgan fingerprint density at radius 3 is 2.70 bits per heavy atom. The number of nitrogens with two attached hydrogens (primary N) is 1. The molecule has 1 unspecified atom stereocenters. The topological polar surface area (TPSA) is 140 Å². The van der Waals surface area contributed by atoms with Gasteiger partial charge in [0.2, 0.25) is 5.91 Å². The quantitative estimate of drug-likeness (QED) is 0.496. The Hall–Kier alpha value is -2.71. The van der Waals surface area contributed by atoms with Crippen LogP contribution in [0.15, 0.2) is 12.3 Å². The van der Waals surface area contributed by atoms with E-state index in [-0.39, 0.29) is 23.5 Å². The average molecular weight is 281 g/mol. The third kappa shape index (κ3) is 3.90. The minimum absolute atomic E-state index is 0.0248. The lowest BCUT2D eigenvalue weighted by atomic mass is 10.2. The summed E-state index contributed by atoms with van der Waals surface area (Å²) in [6, 6.07) is 0.634. The van der Waals surface area contributed by atoms with Gasteiger partial charge in [-0.3, -0.25) is 19.7 Å². The summed E-state index contributed by atoms with van der Waals surface area (Å²) < 4.78 is 0. The van der Waals surface area contributed by atoms with Crippen LogP contribution in [0.4, 0.5) is 11.5 Å².